The van der Waals surface area contributed by atoms with Crippen molar-refractivity contribution in [3.05, 3.63) is 108 Å². The zero-order chi connectivity index (χ0) is 28.4. The third-order valence-corrected chi connectivity index (χ3v) is 8.86. The van der Waals surface area contributed by atoms with Gasteiger partial charge in [0.2, 0.25) is 5.69 Å². The number of pyridine rings is 1. The van der Waals surface area contributed by atoms with Crippen LogP contribution in [0.5, 0.6) is 0 Å². The summed E-state index contributed by atoms with van der Waals surface area (Å²) in [5.74, 6) is 2.19. The van der Waals surface area contributed by atoms with Crippen molar-refractivity contribution < 1.29 is 4.57 Å². The zero-order valence-electron chi connectivity index (χ0n) is 24.3. The molecule has 0 saturated heterocycles. The molecule has 3 aromatic rings. The van der Waals surface area contributed by atoms with Crippen LogP contribution in [0.3, 0.4) is 0 Å². The second-order valence-electron chi connectivity index (χ2n) is 9.55. The molecule has 0 aliphatic rings. The molecule has 0 saturated carbocycles. The van der Waals surface area contributed by atoms with Gasteiger partial charge in [0.05, 0.1) is 0 Å². The minimum Gasteiger partial charge on any atom is -0.374 e. The Balaban J connectivity index is 1.30. The number of rotatable bonds is 16. The lowest BCUT2D eigenvalue weighted by molar-refractivity contribution is -0.673. The van der Waals surface area contributed by atoms with Gasteiger partial charge < -0.3 is 14.8 Å². The van der Waals surface area contributed by atoms with Crippen LogP contribution in [0, 0.1) is 0 Å². The van der Waals surface area contributed by atoms with E-state index in [2.05, 4.69) is 144 Å². The Hall–Kier alpha value is -3.22. The molecule has 2 aromatic carbocycles. The van der Waals surface area contributed by atoms with E-state index in [9.17, 15) is 0 Å². The van der Waals surface area contributed by atoms with Crippen molar-refractivity contribution in [3.8, 4) is 0 Å². The number of allylic oxidation sites excluding steroid dienone is 3. The molecule has 210 valence electrons. The van der Waals surface area contributed by atoms with Crippen LogP contribution in [0.25, 0.3) is 18.2 Å². The Morgan fingerprint density at radius 2 is 1.32 bits per heavy atom. The summed E-state index contributed by atoms with van der Waals surface area (Å²) in [5.41, 5.74) is 6.13. The summed E-state index contributed by atoms with van der Waals surface area (Å²) in [6.07, 6.45) is 18.9. The van der Waals surface area contributed by atoms with Gasteiger partial charge in [-0.05, 0) is 66.6 Å². The molecule has 0 fully saturated rings. The minimum absolute atomic E-state index is 0.998. The number of aryl methyl sites for hydroxylation is 1. The van der Waals surface area contributed by atoms with Crippen molar-refractivity contribution in [2.75, 3.05) is 55.5 Å². The first kappa shape index (κ1) is 31.3. The molecular formula is C34H43N4S2+. The van der Waals surface area contributed by atoms with E-state index in [0.29, 0.717) is 0 Å². The van der Waals surface area contributed by atoms with E-state index in [1.54, 1.807) is 0 Å². The van der Waals surface area contributed by atoms with Gasteiger partial charge in [0.25, 0.3) is 0 Å². The number of benzene rings is 2. The normalized spacial score (nSPS) is 11.9. The summed E-state index contributed by atoms with van der Waals surface area (Å²) in [5, 5.41) is 0. The second-order valence-corrected chi connectivity index (χ2v) is 12.2. The maximum atomic E-state index is 4.00. The lowest BCUT2D eigenvalue weighted by Crippen LogP contribution is -2.30. The monoisotopic (exact) mass is 571 g/mol. The molecule has 0 radical (unpaired) electrons. The van der Waals surface area contributed by atoms with Crippen LogP contribution in [-0.4, -0.2) is 52.0 Å². The Morgan fingerprint density at radius 1 is 0.725 bits per heavy atom. The van der Waals surface area contributed by atoms with Gasteiger partial charge in [-0.25, -0.2) is 4.57 Å². The molecule has 6 heteroatoms. The van der Waals surface area contributed by atoms with Crippen LogP contribution in [0.15, 0.2) is 96.1 Å². The Kier molecular flexibility index (Phi) is 14.2. The maximum absolute atomic E-state index is 4.00. The molecule has 3 rings (SSSR count). The molecule has 0 bridgehead atoms. The van der Waals surface area contributed by atoms with Crippen molar-refractivity contribution in [2.24, 2.45) is 12.0 Å². The third kappa shape index (κ3) is 11.5. The summed E-state index contributed by atoms with van der Waals surface area (Å²) in [7, 11) is 12.1. The van der Waals surface area contributed by atoms with E-state index in [4.69, 9.17) is 0 Å². The molecule has 1 aromatic heterocycles. The van der Waals surface area contributed by atoms with Gasteiger partial charge in [-0.15, -0.1) is 0 Å². The number of aliphatic imine (C=N–C) groups is 1. The van der Waals surface area contributed by atoms with Gasteiger partial charge in [0.1, 0.15) is 7.05 Å². The molecule has 40 heavy (non-hydrogen) atoms. The fourth-order valence-electron chi connectivity index (χ4n) is 3.94. The van der Waals surface area contributed by atoms with Crippen LogP contribution in [-0.2, 0) is 7.05 Å². The molecule has 0 atom stereocenters. The van der Waals surface area contributed by atoms with Crippen molar-refractivity contribution in [1.29, 1.82) is 0 Å². The Morgan fingerprint density at radius 3 is 1.90 bits per heavy atom. The number of hydrogen-bond acceptors (Lipinski definition) is 5. The largest absolute Gasteiger partial charge is 0.374 e. The molecule has 0 unspecified atom stereocenters. The van der Waals surface area contributed by atoms with Crippen molar-refractivity contribution >= 4 is 57.4 Å². The van der Waals surface area contributed by atoms with Gasteiger partial charge in [-0.1, -0.05) is 70.2 Å². The molecule has 4 nitrogen and oxygen atoms in total. The van der Waals surface area contributed by atoms with Crippen LogP contribution >= 0.6 is 21.6 Å². The van der Waals surface area contributed by atoms with Gasteiger partial charge in [-0.2, -0.15) is 0 Å². The lowest BCUT2D eigenvalue weighted by Gasteiger charge is -2.20. The van der Waals surface area contributed by atoms with E-state index in [1.165, 1.54) is 28.2 Å². The predicted molar refractivity (Wildman–Crippen MR) is 183 cm³/mol. The molecular weight excluding hydrogens is 529 g/mol. The first-order chi connectivity index (χ1) is 19.6. The van der Waals surface area contributed by atoms with Gasteiger partial charge in [-0.3, -0.25) is 0 Å². The molecule has 0 aliphatic heterocycles. The predicted octanol–water partition coefficient (Wildman–Crippen LogP) is 7.69. The summed E-state index contributed by atoms with van der Waals surface area (Å²) in [6, 6.07) is 23.8. The van der Waals surface area contributed by atoms with Crippen LogP contribution in [0.2, 0.25) is 0 Å². The molecule has 0 amide bonds. The second kappa shape index (κ2) is 18.2. The Bertz CT molecular complexity index is 1250. The van der Waals surface area contributed by atoms with Crippen molar-refractivity contribution in [3.63, 3.8) is 0 Å². The highest BCUT2D eigenvalue weighted by atomic mass is 33.1. The summed E-state index contributed by atoms with van der Waals surface area (Å²) in [6.45, 7) is 2.06. The highest BCUT2D eigenvalue weighted by Gasteiger charge is 2.04. The number of aromatic nitrogens is 1. The van der Waals surface area contributed by atoms with Crippen LogP contribution in [0.1, 0.15) is 29.7 Å². The van der Waals surface area contributed by atoms with Gasteiger partial charge in [0.15, 0.2) is 6.20 Å². The van der Waals surface area contributed by atoms with E-state index in [0.717, 1.165) is 37.4 Å². The van der Waals surface area contributed by atoms with Gasteiger partial charge >= 0.3 is 0 Å². The molecule has 0 aliphatic carbocycles. The highest BCUT2D eigenvalue weighted by Crippen LogP contribution is 2.23. The van der Waals surface area contributed by atoms with E-state index in [1.807, 2.05) is 40.9 Å². The SMILES string of the molecule is CN=CCC/C=C/C=C/c1ccc(N(C)CCSSCCN(C)c2ccc(/C=C/c3cccc[n+]3C)cc2)cc1. The first-order valence-corrected chi connectivity index (χ1v) is 16.3. The standard InChI is InChI=1S/C34H43N4S2/c1-35-24-10-7-5-6-8-12-30-14-20-33(21-15-30)37(3)26-28-39-40-29-27-38(4)34-22-17-31(18-23-34)16-19-32-13-9-11-25-36(32)2/h5-6,8-9,11-25H,7,10,26-29H2,1-4H3/q+1/b6-5+,12-8+,35-24?. The fraction of sp³-hybridized carbons (Fsp3) is 0.294. The topological polar surface area (TPSA) is 22.7 Å². The van der Waals surface area contributed by atoms with Crippen LogP contribution < -0.4 is 14.4 Å². The smallest absolute Gasteiger partial charge is 0.204 e. The summed E-state index contributed by atoms with van der Waals surface area (Å²) >= 11 is 0. The Labute approximate surface area is 249 Å². The van der Waals surface area contributed by atoms with Crippen molar-refractivity contribution in [1.82, 2.24) is 0 Å². The zero-order valence-corrected chi connectivity index (χ0v) is 26.0. The van der Waals surface area contributed by atoms with E-state index in [-0.39, 0.29) is 0 Å². The molecule has 0 spiro atoms. The summed E-state index contributed by atoms with van der Waals surface area (Å²) < 4.78 is 2.12. The van der Waals surface area contributed by atoms with E-state index >= 15 is 0 Å². The molecule has 0 N–H and O–H groups in total. The first-order valence-electron chi connectivity index (χ1n) is 13.8. The van der Waals surface area contributed by atoms with Gasteiger partial charge in [0, 0.05) is 75.3 Å². The highest BCUT2D eigenvalue weighted by molar-refractivity contribution is 8.76. The van der Waals surface area contributed by atoms with Crippen LogP contribution in [0.4, 0.5) is 11.4 Å². The number of hydrogen-bond donors (Lipinski definition) is 0. The quantitative estimate of drug-likeness (QED) is 0.0578. The summed E-state index contributed by atoms with van der Waals surface area (Å²) in [4.78, 5) is 8.66. The number of unbranched alkanes of at least 4 members (excludes halogenated alkanes) is 1. The van der Waals surface area contributed by atoms with Crippen molar-refractivity contribution in [2.45, 2.75) is 12.8 Å². The number of anilines is 2. The minimum atomic E-state index is 0.998. The third-order valence-electron chi connectivity index (χ3n) is 6.49. The average Bonchev–Trinajstić information content (AvgIpc) is 2.98. The lowest BCUT2D eigenvalue weighted by atomic mass is 10.1. The average molecular weight is 572 g/mol. The fourth-order valence-corrected chi connectivity index (χ4v) is 6.02. The maximum Gasteiger partial charge on any atom is 0.204 e. The number of nitrogens with zero attached hydrogens (tertiary/aromatic N) is 4. The van der Waals surface area contributed by atoms with E-state index < -0.39 is 0 Å². The molecule has 1 heterocycles.